The highest BCUT2D eigenvalue weighted by molar-refractivity contribution is 5.33. The molecular formula is C15H21N3. The van der Waals surface area contributed by atoms with E-state index in [-0.39, 0.29) is 0 Å². The second-order valence-corrected chi connectivity index (χ2v) is 4.83. The van der Waals surface area contributed by atoms with E-state index in [1.165, 1.54) is 5.69 Å². The van der Waals surface area contributed by atoms with E-state index >= 15 is 0 Å². The van der Waals surface area contributed by atoms with E-state index in [9.17, 15) is 0 Å². The van der Waals surface area contributed by atoms with Gasteiger partial charge in [0.25, 0.3) is 0 Å². The molecule has 1 N–H and O–H groups in total. The zero-order valence-electron chi connectivity index (χ0n) is 11.3. The molecule has 0 fully saturated rings. The predicted molar refractivity (Wildman–Crippen MR) is 75.1 cm³/mol. The quantitative estimate of drug-likeness (QED) is 0.875. The van der Waals surface area contributed by atoms with Crippen molar-refractivity contribution < 1.29 is 0 Å². The van der Waals surface area contributed by atoms with Crippen LogP contribution in [0.3, 0.4) is 0 Å². The lowest BCUT2D eigenvalue weighted by atomic mass is 9.92. The van der Waals surface area contributed by atoms with Crippen LogP contribution in [0.5, 0.6) is 0 Å². The number of benzene rings is 1. The smallest absolute Gasteiger partial charge is 0.0648 e. The van der Waals surface area contributed by atoms with E-state index < -0.39 is 0 Å². The minimum Gasteiger partial charge on any atom is -0.319 e. The first kappa shape index (κ1) is 12.8. The van der Waals surface area contributed by atoms with Crippen LogP contribution in [0.25, 0.3) is 5.69 Å². The molecule has 3 heteroatoms. The maximum Gasteiger partial charge on any atom is 0.0648 e. The largest absolute Gasteiger partial charge is 0.319 e. The van der Waals surface area contributed by atoms with Gasteiger partial charge in [-0.2, -0.15) is 5.10 Å². The Labute approximate surface area is 109 Å². The van der Waals surface area contributed by atoms with E-state index in [2.05, 4.69) is 42.5 Å². The van der Waals surface area contributed by atoms with Crippen LogP contribution in [0.2, 0.25) is 0 Å². The average molecular weight is 243 g/mol. The number of hydrogen-bond acceptors (Lipinski definition) is 2. The van der Waals surface area contributed by atoms with Crippen molar-refractivity contribution in [3.63, 3.8) is 0 Å². The van der Waals surface area contributed by atoms with E-state index in [0.29, 0.717) is 11.8 Å². The van der Waals surface area contributed by atoms with Gasteiger partial charge in [0, 0.05) is 17.8 Å². The predicted octanol–water partition coefficient (Wildman–Crippen LogP) is 2.83. The van der Waals surface area contributed by atoms with E-state index in [0.717, 1.165) is 12.2 Å². The molecule has 3 nitrogen and oxygen atoms in total. The monoisotopic (exact) mass is 243 g/mol. The zero-order chi connectivity index (χ0) is 13.0. The summed E-state index contributed by atoms with van der Waals surface area (Å²) in [5, 5.41) is 7.69. The lowest BCUT2D eigenvalue weighted by Gasteiger charge is -2.20. The van der Waals surface area contributed by atoms with Gasteiger partial charge in [0.15, 0.2) is 0 Å². The third kappa shape index (κ3) is 2.62. The third-order valence-electron chi connectivity index (χ3n) is 3.52. The fraction of sp³-hybridized carbons (Fsp3) is 0.400. The second kappa shape index (κ2) is 5.83. The van der Waals surface area contributed by atoms with Gasteiger partial charge in [0.2, 0.25) is 0 Å². The van der Waals surface area contributed by atoms with Crippen LogP contribution in [0.4, 0.5) is 0 Å². The summed E-state index contributed by atoms with van der Waals surface area (Å²) in [6, 6.07) is 12.4. The average Bonchev–Trinajstić information content (AvgIpc) is 2.88. The highest BCUT2D eigenvalue weighted by Crippen LogP contribution is 2.25. The molecule has 0 saturated carbocycles. The summed E-state index contributed by atoms with van der Waals surface area (Å²) in [5.41, 5.74) is 2.39. The summed E-state index contributed by atoms with van der Waals surface area (Å²) in [6.45, 7) is 5.54. The molecule has 1 aromatic carbocycles. The molecule has 18 heavy (non-hydrogen) atoms. The Morgan fingerprint density at radius 2 is 1.89 bits per heavy atom. The van der Waals surface area contributed by atoms with Crippen molar-refractivity contribution >= 4 is 0 Å². The molecular weight excluding hydrogens is 222 g/mol. The number of nitrogens with zero attached hydrogens (tertiary/aromatic N) is 2. The third-order valence-corrected chi connectivity index (χ3v) is 3.52. The Morgan fingerprint density at radius 3 is 2.56 bits per heavy atom. The SMILES string of the molecule is CNCC(C)C(C)c1ccnn1-c1ccccc1. The van der Waals surface area contributed by atoms with Gasteiger partial charge in [-0.3, -0.25) is 0 Å². The Morgan fingerprint density at radius 1 is 1.17 bits per heavy atom. The van der Waals surface area contributed by atoms with Crippen molar-refractivity contribution in [2.45, 2.75) is 19.8 Å². The fourth-order valence-corrected chi connectivity index (χ4v) is 2.23. The molecule has 0 aliphatic heterocycles. The van der Waals surface area contributed by atoms with Gasteiger partial charge in [-0.15, -0.1) is 0 Å². The maximum atomic E-state index is 4.45. The van der Waals surface area contributed by atoms with Crippen molar-refractivity contribution in [3.05, 3.63) is 48.3 Å². The van der Waals surface area contributed by atoms with Gasteiger partial charge in [0.1, 0.15) is 0 Å². The minimum atomic E-state index is 0.472. The number of para-hydroxylation sites is 1. The highest BCUT2D eigenvalue weighted by Gasteiger charge is 2.18. The van der Waals surface area contributed by atoms with Gasteiger partial charge >= 0.3 is 0 Å². The van der Waals surface area contributed by atoms with Crippen molar-refractivity contribution in [3.8, 4) is 5.69 Å². The zero-order valence-corrected chi connectivity index (χ0v) is 11.3. The van der Waals surface area contributed by atoms with Crippen molar-refractivity contribution in [2.24, 2.45) is 5.92 Å². The lowest BCUT2D eigenvalue weighted by Crippen LogP contribution is -2.22. The molecule has 1 heterocycles. The van der Waals surface area contributed by atoms with Crippen LogP contribution in [-0.4, -0.2) is 23.4 Å². The number of hydrogen-bond donors (Lipinski definition) is 1. The summed E-state index contributed by atoms with van der Waals surface area (Å²) < 4.78 is 2.04. The van der Waals surface area contributed by atoms with Crippen LogP contribution >= 0.6 is 0 Å². The maximum absolute atomic E-state index is 4.45. The number of rotatable bonds is 5. The second-order valence-electron chi connectivity index (χ2n) is 4.83. The molecule has 0 amide bonds. The van der Waals surface area contributed by atoms with E-state index in [1.807, 2.05) is 36.1 Å². The lowest BCUT2D eigenvalue weighted by molar-refractivity contribution is 0.451. The fourth-order valence-electron chi connectivity index (χ4n) is 2.23. The molecule has 0 bridgehead atoms. The molecule has 1 aromatic heterocycles. The van der Waals surface area contributed by atoms with Crippen LogP contribution in [0.1, 0.15) is 25.5 Å². The van der Waals surface area contributed by atoms with Crippen LogP contribution in [0.15, 0.2) is 42.6 Å². The van der Waals surface area contributed by atoms with Gasteiger partial charge < -0.3 is 5.32 Å². The molecule has 0 spiro atoms. The Hall–Kier alpha value is -1.61. The first-order valence-corrected chi connectivity index (χ1v) is 6.48. The van der Waals surface area contributed by atoms with E-state index in [4.69, 9.17) is 0 Å². The molecule has 0 radical (unpaired) electrons. The number of aromatic nitrogens is 2. The van der Waals surface area contributed by atoms with Crippen LogP contribution in [-0.2, 0) is 0 Å². The normalized spacial score (nSPS) is 14.4. The molecule has 0 aliphatic carbocycles. The Kier molecular flexibility index (Phi) is 4.15. The topological polar surface area (TPSA) is 29.9 Å². The molecule has 0 saturated heterocycles. The summed E-state index contributed by atoms with van der Waals surface area (Å²) in [7, 11) is 2.00. The molecule has 2 rings (SSSR count). The molecule has 0 aliphatic rings. The number of nitrogens with one attached hydrogen (secondary N) is 1. The van der Waals surface area contributed by atoms with Crippen LogP contribution < -0.4 is 5.32 Å². The molecule has 2 aromatic rings. The van der Waals surface area contributed by atoms with Crippen molar-refractivity contribution in [1.82, 2.24) is 15.1 Å². The van der Waals surface area contributed by atoms with Crippen molar-refractivity contribution in [2.75, 3.05) is 13.6 Å². The molecule has 96 valence electrons. The highest BCUT2D eigenvalue weighted by atomic mass is 15.3. The van der Waals surface area contributed by atoms with E-state index in [1.54, 1.807) is 0 Å². The standard InChI is InChI=1S/C15H21N3/c1-12(11-16-3)13(2)15-9-10-17-18(15)14-7-5-4-6-8-14/h4-10,12-13,16H,11H2,1-3H3. The first-order chi connectivity index (χ1) is 8.74. The van der Waals surface area contributed by atoms with Gasteiger partial charge in [-0.25, -0.2) is 4.68 Å². The van der Waals surface area contributed by atoms with Crippen LogP contribution in [0, 0.1) is 5.92 Å². The minimum absolute atomic E-state index is 0.472. The summed E-state index contributed by atoms with van der Waals surface area (Å²) >= 11 is 0. The molecule has 2 unspecified atom stereocenters. The Balaban J connectivity index is 2.28. The first-order valence-electron chi connectivity index (χ1n) is 6.48. The van der Waals surface area contributed by atoms with Crippen molar-refractivity contribution in [1.29, 1.82) is 0 Å². The molecule has 2 atom stereocenters. The van der Waals surface area contributed by atoms with Gasteiger partial charge in [-0.05, 0) is 37.7 Å². The van der Waals surface area contributed by atoms with Gasteiger partial charge in [-0.1, -0.05) is 32.0 Å². The Bertz CT molecular complexity index is 475. The summed E-state index contributed by atoms with van der Waals surface area (Å²) in [6.07, 6.45) is 1.88. The van der Waals surface area contributed by atoms with Gasteiger partial charge in [0.05, 0.1) is 5.69 Å². The summed E-state index contributed by atoms with van der Waals surface area (Å²) in [5.74, 6) is 1.05. The summed E-state index contributed by atoms with van der Waals surface area (Å²) in [4.78, 5) is 0.